The zero-order valence-corrected chi connectivity index (χ0v) is 13.5. The van der Waals surface area contributed by atoms with Crippen molar-refractivity contribution in [3.05, 3.63) is 58.1 Å². The van der Waals surface area contributed by atoms with Gasteiger partial charge in [-0.3, -0.25) is 0 Å². The van der Waals surface area contributed by atoms with E-state index >= 15 is 0 Å². The minimum Gasteiger partial charge on any atom is -0.497 e. The monoisotopic (exact) mass is 305 g/mol. The first-order valence-electron chi connectivity index (χ1n) is 6.76. The molecule has 2 rings (SSSR count). The lowest BCUT2D eigenvalue weighted by Gasteiger charge is -2.22. The summed E-state index contributed by atoms with van der Waals surface area (Å²) in [6.07, 6.45) is 0. The average molecular weight is 306 g/mol. The Bertz CT molecular complexity index is 628. The van der Waals surface area contributed by atoms with Crippen molar-refractivity contribution in [2.75, 3.05) is 21.3 Å². The molecule has 0 radical (unpaired) electrons. The van der Waals surface area contributed by atoms with Crippen molar-refractivity contribution in [3.63, 3.8) is 0 Å². The summed E-state index contributed by atoms with van der Waals surface area (Å²) >= 11 is 6.24. The molecule has 2 aromatic carbocycles. The number of hydrogen-bond donors (Lipinski definition) is 1. The maximum absolute atomic E-state index is 6.24. The van der Waals surface area contributed by atoms with E-state index in [0.29, 0.717) is 0 Å². The Labute approximate surface area is 130 Å². The minimum absolute atomic E-state index is 0.00422. The highest BCUT2D eigenvalue weighted by Crippen LogP contribution is 2.35. The summed E-state index contributed by atoms with van der Waals surface area (Å²) in [7, 11) is 5.23. The van der Waals surface area contributed by atoms with Crippen LogP contribution < -0.4 is 14.8 Å². The van der Waals surface area contributed by atoms with Gasteiger partial charge in [-0.25, -0.2) is 0 Å². The number of halogens is 1. The Morgan fingerprint density at radius 1 is 1.05 bits per heavy atom. The van der Waals surface area contributed by atoms with E-state index in [2.05, 4.69) is 11.4 Å². The molecule has 1 atom stereocenters. The van der Waals surface area contributed by atoms with E-state index in [1.54, 1.807) is 14.2 Å². The largest absolute Gasteiger partial charge is 0.497 e. The Morgan fingerprint density at radius 2 is 1.81 bits per heavy atom. The first kappa shape index (κ1) is 15.7. The van der Waals surface area contributed by atoms with E-state index < -0.39 is 0 Å². The van der Waals surface area contributed by atoms with E-state index in [1.807, 2.05) is 44.3 Å². The van der Waals surface area contributed by atoms with Crippen LogP contribution >= 0.6 is 11.6 Å². The Balaban J connectivity index is 2.53. The molecule has 3 nitrogen and oxygen atoms in total. The van der Waals surface area contributed by atoms with Gasteiger partial charge in [-0.15, -0.1) is 0 Å². The number of ether oxygens (including phenoxy) is 2. The quantitative estimate of drug-likeness (QED) is 0.906. The van der Waals surface area contributed by atoms with Crippen LogP contribution in [0.1, 0.15) is 22.7 Å². The Kier molecular flexibility index (Phi) is 5.10. The standard InChI is InChI=1S/C17H20ClNO2/c1-11-13(6-5-7-15(11)18)17(19-2)14-9-8-12(20-3)10-16(14)21-4/h5-10,17,19H,1-4H3. The topological polar surface area (TPSA) is 30.5 Å². The molecule has 1 N–H and O–H groups in total. The zero-order valence-electron chi connectivity index (χ0n) is 12.7. The van der Waals surface area contributed by atoms with Crippen LogP contribution in [0.3, 0.4) is 0 Å². The van der Waals surface area contributed by atoms with Gasteiger partial charge in [-0.2, -0.15) is 0 Å². The van der Waals surface area contributed by atoms with E-state index in [-0.39, 0.29) is 6.04 Å². The van der Waals surface area contributed by atoms with Gasteiger partial charge in [0, 0.05) is 16.7 Å². The van der Waals surface area contributed by atoms with Gasteiger partial charge >= 0.3 is 0 Å². The molecular formula is C17H20ClNO2. The van der Waals surface area contributed by atoms with E-state index in [4.69, 9.17) is 21.1 Å². The average Bonchev–Trinajstić information content (AvgIpc) is 2.52. The fourth-order valence-electron chi connectivity index (χ4n) is 2.47. The zero-order chi connectivity index (χ0) is 15.4. The summed E-state index contributed by atoms with van der Waals surface area (Å²) in [5.41, 5.74) is 3.25. The SMILES string of the molecule is CNC(c1ccc(OC)cc1OC)c1cccc(Cl)c1C. The van der Waals surface area contributed by atoms with Gasteiger partial charge in [0.1, 0.15) is 11.5 Å². The summed E-state index contributed by atoms with van der Waals surface area (Å²) in [5, 5.41) is 4.10. The molecule has 21 heavy (non-hydrogen) atoms. The molecule has 0 heterocycles. The van der Waals surface area contributed by atoms with Gasteiger partial charge < -0.3 is 14.8 Å². The summed E-state index contributed by atoms with van der Waals surface area (Å²) in [6, 6.07) is 11.8. The van der Waals surface area contributed by atoms with Crippen molar-refractivity contribution in [3.8, 4) is 11.5 Å². The molecular weight excluding hydrogens is 286 g/mol. The van der Waals surface area contributed by atoms with Gasteiger partial charge in [-0.1, -0.05) is 23.7 Å². The normalized spacial score (nSPS) is 12.0. The van der Waals surface area contributed by atoms with E-state index in [9.17, 15) is 0 Å². The molecule has 1 unspecified atom stereocenters. The molecule has 0 amide bonds. The molecule has 0 spiro atoms. The Morgan fingerprint density at radius 3 is 2.43 bits per heavy atom. The minimum atomic E-state index is 0.00422. The highest BCUT2D eigenvalue weighted by Gasteiger charge is 2.19. The third-order valence-electron chi connectivity index (χ3n) is 3.66. The van der Waals surface area contributed by atoms with Crippen molar-refractivity contribution < 1.29 is 9.47 Å². The fourth-order valence-corrected chi connectivity index (χ4v) is 2.65. The highest BCUT2D eigenvalue weighted by atomic mass is 35.5. The molecule has 0 aliphatic rings. The summed E-state index contributed by atoms with van der Waals surface area (Å²) in [6.45, 7) is 2.03. The number of hydrogen-bond acceptors (Lipinski definition) is 3. The number of rotatable bonds is 5. The van der Waals surface area contributed by atoms with Crippen LogP contribution in [0.2, 0.25) is 5.02 Å². The molecule has 0 aromatic heterocycles. The first-order valence-corrected chi connectivity index (χ1v) is 7.14. The molecule has 2 aromatic rings. The van der Waals surface area contributed by atoms with Crippen molar-refractivity contribution in [1.29, 1.82) is 0 Å². The molecule has 0 aliphatic heterocycles. The van der Waals surface area contributed by atoms with Crippen molar-refractivity contribution >= 4 is 11.6 Å². The van der Waals surface area contributed by atoms with Crippen LogP contribution in [0.4, 0.5) is 0 Å². The van der Waals surface area contributed by atoms with Gasteiger partial charge in [0.2, 0.25) is 0 Å². The summed E-state index contributed by atoms with van der Waals surface area (Å²) < 4.78 is 10.8. The third-order valence-corrected chi connectivity index (χ3v) is 4.07. The third kappa shape index (κ3) is 3.14. The van der Waals surface area contributed by atoms with Crippen LogP contribution in [0, 0.1) is 6.92 Å². The lowest BCUT2D eigenvalue weighted by atomic mass is 9.94. The van der Waals surface area contributed by atoms with Gasteiger partial charge in [-0.05, 0) is 43.3 Å². The van der Waals surface area contributed by atoms with Gasteiger partial charge in [0.25, 0.3) is 0 Å². The maximum atomic E-state index is 6.24. The summed E-state index contributed by atoms with van der Waals surface area (Å²) in [4.78, 5) is 0. The van der Waals surface area contributed by atoms with Crippen LogP contribution in [0.25, 0.3) is 0 Å². The second-order valence-corrected chi connectivity index (χ2v) is 5.19. The second-order valence-electron chi connectivity index (χ2n) is 4.78. The van der Waals surface area contributed by atoms with E-state index in [0.717, 1.165) is 33.2 Å². The van der Waals surface area contributed by atoms with Crippen molar-refractivity contribution in [1.82, 2.24) is 5.32 Å². The van der Waals surface area contributed by atoms with Gasteiger partial charge in [0.05, 0.1) is 20.3 Å². The molecule has 0 saturated carbocycles. The number of methoxy groups -OCH3 is 2. The predicted octanol–water partition coefficient (Wildman–Crippen LogP) is 3.97. The van der Waals surface area contributed by atoms with Crippen LogP contribution in [-0.2, 0) is 0 Å². The molecule has 0 aliphatic carbocycles. The van der Waals surface area contributed by atoms with Crippen molar-refractivity contribution in [2.24, 2.45) is 0 Å². The Hall–Kier alpha value is -1.71. The van der Waals surface area contributed by atoms with Crippen LogP contribution in [0.15, 0.2) is 36.4 Å². The summed E-state index contributed by atoms with van der Waals surface area (Å²) in [5.74, 6) is 1.56. The van der Waals surface area contributed by atoms with Crippen LogP contribution in [-0.4, -0.2) is 21.3 Å². The molecule has 0 bridgehead atoms. The molecule has 4 heteroatoms. The highest BCUT2D eigenvalue weighted by molar-refractivity contribution is 6.31. The predicted molar refractivity (Wildman–Crippen MR) is 86.6 cm³/mol. The molecule has 0 saturated heterocycles. The van der Waals surface area contributed by atoms with E-state index in [1.165, 1.54) is 0 Å². The van der Waals surface area contributed by atoms with Crippen molar-refractivity contribution in [2.45, 2.75) is 13.0 Å². The second kappa shape index (κ2) is 6.83. The lowest BCUT2D eigenvalue weighted by molar-refractivity contribution is 0.388. The maximum Gasteiger partial charge on any atom is 0.127 e. The smallest absolute Gasteiger partial charge is 0.127 e. The first-order chi connectivity index (χ1) is 10.1. The fraction of sp³-hybridized carbons (Fsp3) is 0.294. The molecule has 112 valence electrons. The van der Waals surface area contributed by atoms with Gasteiger partial charge in [0.15, 0.2) is 0 Å². The number of nitrogens with one attached hydrogen (secondary N) is 1. The van der Waals surface area contributed by atoms with Crippen LogP contribution in [0.5, 0.6) is 11.5 Å². The lowest BCUT2D eigenvalue weighted by Crippen LogP contribution is -2.19. The number of benzene rings is 2. The molecule has 0 fully saturated rings.